The van der Waals surface area contributed by atoms with Crippen molar-refractivity contribution >= 4 is 0 Å². The van der Waals surface area contributed by atoms with Crippen LogP contribution in [0.2, 0.25) is 0 Å². The standard InChI is InChI=1S/C7H8/c1-2-4-6-7-5-3-1/h1-4H,5-6H2. The molecular formula is C7H8. The summed E-state index contributed by atoms with van der Waals surface area (Å²) in [6.45, 7) is 0. The van der Waals surface area contributed by atoms with Gasteiger partial charge in [-0.2, -0.15) is 0 Å². The molecule has 0 heteroatoms. The Hall–Kier alpha value is -0.520. The van der Waals surface area contributed by atoms with Crippen LogP contribution in [0, 0.1) is 6.42 Å². The summed E-state index contributed by atoms with van der Waals surface area (Å²) in [5, 5.41) is 0. The Bertz CT molecular complexity index is 76.2. The maximum absolute atomic E-state index is 3.17. The van der Waals surface area contributed by atoms with Gasteiger partial charge in [-0.15, -0.1) is 0 Å². The first-order valence-corrected chi connectivity index (χ1v) is 2.52. The first-order valence-electron chi connectivity index (χ1n) is 2.52. The van der Waals surface area contributed by atoms with Gasteiger partial charge < -0.3 is 0 Å². The molecule has 1 aliphatic rings. The van der Waals surface area contributed by atoms with Crippen LogP contribution in [-0.4, -0.2) is 0 Å². The largest absolute Gasteiger partial charge is 0.0839 e. The Labute approximate surface area is 44.5 Å². The zero-order valence-corrected chi connectivity index (χ0v) is 4.22. The van der Waals surface area contributed by atoms with Gasteiger partial charge in [-0.3, -0.25) is 0 Å². The van der Waals surface area contributed by atoms with Gasteiger partial charge >= 0.3 is 0 Å². The van der Waals surface area contributed by atoms with E-state index in [2.05, 4.69) is 30.7 Å². The minimum absolute atomic E-state index is 1.01. The molecule has 0 aromatic heterocycles. The van der Waals surface area contributed by atoms with Crippen LogP contribution in [0.15, 0.2) is 24.3 Å². The molecule has 0 N–H and O–H groups in total. The summed E-state index contributed by atoms with van der Waals surface area (Å²) >= 11 is 0. The van der Waals surface area contributed by atoms with Crippen LogP contribution in [0.4, 0.5) is 0 Å². The minimum Gasteiger partial charge on any atom is -0.0839 e. The first kappa shape index (κ1) is 4.63. The predicted molar refractivity (Wildman–Crippen MR) is 30.8 cm³/mol. The fraction of sp³-hybridized carbons (Fsp3) is 0.286. The van der Waals surface area contributed by atoms with E-state index in [4.69, 9.17) is 0 Å². The van der Waals surface area contributed by atoms with Crippen LogP contribution in [0.5, 0.6) is 0 Å². The number of hydrogen-bond donors (Lipinski definition) is 0. The predicted octanol–water partition coefficient (Wildman–Crippen LogP) is 1.97. The van der Waals surface area contributed by atoms with Crippen LogP contribution in [-0.2, 0) is 0 Å². The molecule has 0 nitrogen and oxygen atoms in total. The monoisotopic (exact) mass is 92.1 g/mol. The van der Waals surface area contributed by atoms with E-state index < -0.39 is 0 Å². The van der Waals surface area contributed by atoms with E-state index in [1.165, 1.54) is 0 Å². The van der Waals surface area contributed by atoms with Gasteiger partial charge in [0.05, 0.1) is 0 Å². The molecular weight excluding hydrogens is 84.1 g/mol. The summed E-state index contributed by atoms with van der Waals surface area (Å²) in [7, 11) is 0. The quantitative estimate of drug-likeness (QED) is 0.428. The van der Waals surface area contributed by atoms with Gasteiger partial charge in [-0.05, 0) is 19.3 Å². The summed E-state index contributed by atoms with van der Waals surface area (Å²) in [6, 6.07) is 0. The smallest absolute Gasteiger partial charge is 0.00920 e. The fourth-order valence-corrected chi connectivity index (χ4v) is 0.543. The Balaban J connectivity index is 2.39. The second-order valence-electron chi connectivity index (χ2n) is 1.51. The van der Waals surface area contributed by atoms with E-state index in [1.54, 1.807) is 0 Å². The highest BCUT2D eigenvalue weighted by Crippen LogP contribution is 2.00. The molecule has 1 aliphatic carbocycles. The third-order valence-corrected chi connectivity index (χ3v) is 0.908. The maximum Gasteiger partial charge on any atom is -0.00920 e. The Morgan fingerprint density at radius 3 is 2.14 bits per heavy atom. The van der Waals surface area contributed by atoms with Crippen molar-refractivity contribution in [3.63, 3.8) is 0 Å². The summed E-state index contributed by atoms with van der Waals surface area (Å²) in [5.41, 5.74) is 0. The average molecular weight is 92.1 g/mol. The molecule has 0 saturated heterocycles. The third-order valence-electron chi connectivity index (χ3n) is 0.908. The summed E-state index contributed by atoms with van der Waals surface area (Å²) in [5.74, 6) is 0. The molecule has 0 spiro atoms. The molecule has 7 heavy (non-hydrogen) atoms. The average Bonchev–Trinajstić information content (AvgIpc) is 1.90. The zero-order chi connectivity index (χ0) is 4.95. The van der Waals surface area contributed by atoms with Crippen molar-refractivity contribution in [3.05, 3.63) is 30.7 Å². The van der Waals surface area contributed by atoms with Gasteiger partial charge in [0.15, 0.2) is 0 Å². The highest BCUT2D eigenvalue weighted by Gasteiger charge is 1.82. The molecule has 0 fully saturated rings. The van der Waals surface area contributed by atoms with E-state index in [1.807, 2.05) is 0 Å². The summed E-state index contributed by atoms with van der Waals surface area (Å²) < 4.78 is 0. The number of hydrogen-bond acceptors (Lipinski definition) is 0. The lowest BCUT2D eigenvalue weighted by molar-refractivity contribution is 1.12. The second-order valence-corrected chi connectivity index (χ2v) is 1.51. The van der Waals surface area contributed by atoms with Gasteiger partial charge in [-0.25, -0.2) is 0 Å². The molecule has 0 atom stereocenters. The lowest BCUT2D eigenvalue weighted by atomic mass is 10.2. The topological polar surface area (TPSA) is 0 Å². The summed E-state index contributed by atoms with van der Waals surface area (Å²) in [6.07, 6.45) is 13.5. The lowest BCUT2D eigenvalue weighted by Gasteiger charge is -1.80. The van der Waals surface area contributed by atoms with E-state index in [0.29, 0.717) is 0 Å². The molecule has 36 valence electrons. The minimum atomic E-state index is 1.01. The maximum atomic E-state index is 3.17. The molecule has 0 aromatic rings. The van der Waals surface area contributed by atoms with E-state index in [-0.39, 0.29) is 0 Å². The molecule has 1 rings (SSSR count). The van der Waals surface area contributed by atoms with Gasteiger partial charge in [0.1, 0.15) is 0 Å². The van der Waals surface area contributed by atoms with E-state index in [9.17, 15) is 0 Å². The van der Waals surface area contributed by atoms with E-state index >= 15 is 0 Å². The van der Waals surface area contributed by atoms with Crippen LogP contribution in [0.25, 0.3) is 0 Å². The highest BCUT2D eigenvalue weighted by atomic mass is 13.9. The Morgan fingerprint density at radius 1 is 1.00 bits per heavy atom. The van der Waals surface area contributed by atoms with Crippen molar-refractivity contribution in [2.24, 2.45) is 0 Å². The van der Waals surface area contributed by atoms with Crippen molar-refractivity contribution in [1.82, 2.24) is 0 Å². The highest BCUT2D eigenvalue weighted by molar-refractivity contribution is 5.08. The van der Waals surface area contributed by atoms with Crippen molar-refractivity contribution in [2.45, 2.75) is 12.8 Å². The zero-order valence-electron chi connectivity index (χ0n) is 4.22. The van der Waals surface area contributed by atoms with Gasteiger partial charge in [0.25, 0.3) is 0 Å². The SMILES string of the molecule is [C]1CC=CC=CC1. The van der Waals surface area contributed by atoms with E-state index in [0.717, 1.165) is 12.8 Å². The third kappa shape index (κ3) is 1.58. The molecule has 0 aliphatic heterocycles. The number of rotatable bonds is 0. The molecule has 0 unspecified atom stereocenters. The molecule has 0 amide bonds. The van der Waals surface area contributed by atoms with Crippen molar-refractivity contribution in [3.8, 4) is 0 Å². The fourth-order valence-electron chi connectivity index (χ4n) is 0.543. The Kier molecular flexibility index (Phi) is 1.73. The summed E-state index contributed by atoms with van der Waals surface area (Å²) in [4.78, 5) is 0. The van der Waals surface area contributed by atoms with Gasteiger partial charge in [-0.1, -0.05) is 24.3 Å². The van der Waals surface area contributed by atoms with Gasteiger partial charge in [0, 0.05) is 0 Å². The van der Waals surface area contributed by atoms with Crippen LogP contribution in [0.3, 0.4) is 0 Å². The Morgan fingerprint density at radius 2 is 1.57 bits per heavy atom. The van der Waals surface area contributed by atoms with Crippen molar-refractivity contribution < 1.29 is 0 Å². The normalized spacial score (nSPS) is 19.4. The van der Waals surface area contributed by atoms with Crippen LogP contribution >= 0.6 is 0 Å². The van der Waals surface area contributed by atoms with Crippen molar-refractivity contribution in [1.29, 1.82) is 0 Å². The molecule has 0 aromatic carbocycles. The molecule has 0 heterocycles. The van der Waals surface area contributed by atoms with Gasteiger partial charge in [0.2, 0.25) is 0 Å². The van der Waals surface area contributed by atoms with Crippen molar-refractivity contribution in [2.75, 3.05) is 0 Å². The lowest BCUT2D eigenvalue weighted by Crippen LogP contribution is -1.64. The van der Waals surface area contributed by atoms with Crippen LogP contribution in [0.1, 0.15) is 12.8 Å². The molecule has 0 saturated carbocycles. The second kappa shape index (κ2) is 2.62. The number of allylic oxidation sites excluding steroid dienone is 4. The molecule has 2 radical (unpaired) electrons. The molecule has 0 bridgehead atoms. The van der Waals surface area contributed by atoms with Crippen LogP contribution < -0.4 is 0 Å². The first-order chi connectivity index (χ1) is 3.50.